The third-order valence-corrected chi connectivity index (χ3v) is 7.03. The lowest BCUT2D eigenvalue weighted by atomic mass is 10.3. The number of hydrogen-bond acceptors (Lipinski definition) is 6. The van der Waals surface area contributed by atoms with Crippen LogP contribution in [0.2, 0.25) is 5.02 Å². The number of aromatic hydroxyl groups is 1. The number of phenolic OH excluding ortho intramolecular Hbond substituents is 1. The van der Waals surface area contributed by atoms with E-state index in [4.69, 9.17) is 17.3 Å². The first kappa shape index (κ1) is 15.4. The standard InChI is InChI=1S/C10H13ClN2O5S2/c11-7-1-2-8(12)9(14)10(7)20(17,18)13-3-5-19(15,16)6-4-13/h1-2,14H,3-6,12H2. The van der Waals surface area contributed by atoms with Gasteiger partial charge in [-0.05, 0) is 12.1 Å². The number of phenols is 1. The van der Waals surface area contributed by atoms with E-state index in [-0.39, 0.29) is 35.3 Å². The molecule has 1 fully saturated rings. The van der Waals surface area contributed by atoms with Crippen molar-refractivity contribution in [1.29, 1.82) is 0 Å². The second kappa shape index (κ2) is 5.06. The van der Waals surface area contributed by atoms with Crippen LogP contribution >= 0.6 is 11.6 Å². The Morgan fingerprint density at radius 3 is 2.35 bits per heavy atom. The molecule has 112 valence electrons. The SMILES string of the molecule is Nc1ccc(Cl)c(S(=O)(=O)N2CCS(=O)(=O)CC2)c1O. The lowest BCUT2D eigenvalue weighted by Gasteiger charge is -2.26. The molecule has 3 N–H and O–H groups in total. The maximum absolute atomic E-state index is 12.4. The number of hydrogen-bond donors (Lipinski definition) is 2. The lowest BCUT2D eigenvalue weighted by molar-refractivity contribution is 0.420. The zero-order valence-corrected chi connectivity index (χ0v) is 12.7. The van der Waals surface area contributed by atoms with Gasteiger partial charge in [0.1, 0.15) is 4.90 Å². The Labute approximate surface area is 121 Å². The molecule has 0 aromatic heterocycles. The molecule has 10 heteroatoms. The second-order valence-electron chi connectivity index (χ2n) is 4.37. The number of nitrogen functional groups attached to an aromatic ring is 1. The molecule has 1 heterocycles. The molecule has 1 aromatic carbocycles. The highest BCUT2D eigenvalue weighted by atomic mass is 35.5. The van der Waals surface area contributed by atoms with Gasteiger partial charge >= 0.3 is 0 Å². The normalized spacial score (nSPS) is 19.9. The molecule has 20 heavy (non-hydrogen) atoms. The number of sulfonamides is 1. The van der Waals surface area contributed by atoms with E-state index < -0.39 is 30.5 Å². The molecule has 0 amide bonds. The minimum Gasteiger partial charge on any atom is -0.504 e. The average Bonchev–Trinajstić information content (AvgIpc) is 2.33. The highest BCUT2D eigenvalue weighted by molar-refractivity contribution is 7.92. The fourth-order valence-electron chi connectivity index (χ4n) is 1.87. The fourth-order valence-corrected chi connectivity index (χ4v) is 5.35. The van der Waals surface area contributed by atoms with Gasteiger partial charge in [-0.25, -0.2) is 16.8 Å². The molecule has 1 aliphatic heterocycles. The van der Waals surface area contributed by atoms with Gasteiger partial charge in [0.05, 0.1) is 22.2 Å². The predicted molar refractivity (Wildman–Crippen MR) is 74.9 cm³/mol. The van der Waals surface area contributed by atoms with Crippen LogP contribution < -0.4 is 5.73 Å². The van der Waals surface area contributed by atoms with Crippen molar-refractivity contribution in [2.75, 3.05) is 30.3 Å². The molecule has 2 rings (SSSR count). The molecule has 0 spiro atoms. The van der Waals surface area contributed by atoms with Crippen LogP contribution in [0.1, 0.15) is 0 Å². The van der Waals surface area contributed by atoms with Crippen molar-refractivity contribution in [3.63, 3.8) is 0 Å². The number of sulfone groups is 1. The second-order valence-corrected chi connectivity index (χ2v) is 8.96. The summed E-state index contributed by atoms with van der Waals surface area (Å²) in [5, 5.41) is 9.65. The summed E-state index contributed by atoms with van der Waals surface area (Å²) in [5.41, 5.74) is 5.36. The third kappa shape index (κ3) is 2.71. The molecule has 1 saturated heterocycles. The van der Waals surface area contributed by atoms with Gasteiger partial charge in [-0.15, -0.1) is 0 Å². The molecule has 1 aromatic rings. The molecule has 0 radical (unpaired) electrons. The van der Waals surface area contributed by atoms with Crippen molar-refractivity contribution in [1.82, 2.24) is 4.31 Å². The topological polar surface area (TPSA) is 118 Å². The quantitative estimate of drug-likeness (QED) is 0.580. The van der Waals surface area contributed by atoms with E-state index in [9.17, 15) is 21.9 Å². The van der Waals surface area contributed by atoms with Crippen molar-refractivity contribution in [3.8, 4) is 5.75 Å². The molecule has 0 unspecified atom stereocenters. The summed E-state index contributed by atoms with van der Waals surface area (Å²) >= 11 is 5.82. The number of anilines is 1. The van der Waals surface area contributed by atoms with Crippen LogP contribution in [0.4, 0.5) is 5.69 Å². The van der Waals surface area contributed by atoms with Gasteiger partial charge in [-0.3, -0.25) is 0 Å². The van der Waals surface area contributed by atoms with Crippen LogP contribution in [0.15, 0.2) is 17.0 Å². The Morgan fingerprint density at radius 2 is 1.80 bits per heavy atom. The van der Waals surface area contributed by atoms with E-state index in [0.29, 0.717) is 0 Å². The smallest absolute Gasteiger partial charge is 0.248 e. The number of halogens is 1. The van der Waals surface area contributed by atoms with E-state index in [0.717, 1.165) is 4.31 Å². The largest absolute Gasteiger partial charge is 0.504 e. The summed E-state index contributed by atoms with van der Waals surface area (Å²) in [6.45, 7) is -0.343. The summed E-state index contributed by atoms with van der Waals surface area (Å²) in [5.74, 6) is -1.13. The van der Waals surface area contributed by atoms with Gasteiger partial charge in [-0.1, -0.05) is 11.6 Å². The van der Waals surface area contributed by atoms with Crippen molar-refractivity contribution in [2.45, 2.75) is 4.90 Å². The zero-order chi connectivity index (χ0) is 15.1. The number of nitrogens with two attached hydrogens (primary N) is 1. The van der Waals surface area contributed by atoms with Crippen molar-refractivity contribution in [2.24, 2.45) is 0 Å². The summed E-state index contributed by atoms with van der Waals surface area (Å²) < 4.78 is 48.5. The Kier molecular flexibility index (Phi) is 3.89. The van der Waals surface area contributed by atoms with Gasteiger partial charge in [0.25, 0.3) is 0 Å². The van der Waals surface area contributed by atoms with Gasteiger partial charge < -0.3 is 10.8 Å². The Balaban J connectivity index is 2.45. The number of nitrogens with zero attached hydrogens (tertiary/aromatic N) is 1. The van der Waals surface area contributed by atoms with Crippen LogP contribution in [0.5, 0.6) is 5.75 Å². The van der Waals surface area contributed by atoms with Crippen molar-refractivity contribution < 1.29 is 21.9 Å². The Morgan fingerprint density at radius 1 is 1.25 bits per heavy atom. The molecule has 0 aliphatic carbocycles. The van der Waals surface area contributed by atoms with Crippen LogP contribution in [-0.2, 0) is 19.9 Å². The highest BCUT2D eigenvalue weighted by Crippen LogP contribution is 2.37. The number of benzene rings is 1. The molecule has 1 aliphatic rings. The summed E-state index contributed by atoms with van der Waals surface area (Å²) in [7, 11) is -7.30. The first-order valence-electron chi connectivity index (χ1n) is 5.63. The molecule has 0 bridgehead atoms. The molecule has 0 saturated carbocycles. The third-order valence-electron chi connectivity index (χ3n) is 3.02. The summed E-state index contributed by atoms with van der Waals surface area (Å²) in [4.78, 5) is -0.488. The average molecular weight is 341 g/mol. The Hall–Kier alpha value is -1.03. The Bertz CT molecular complexity index is 731. The first-order chi connectivity index (χ1) is 9.15. The maximum Gasteiger partial charge on any atom is 0.248 e. The van der Waals surface area contributed by atoms with Crippen LogP contribution in [0, 0.1) is 0 Å². The monoisotopic (exact) mass is 340 g/mol. The van der Waals surface area contributed by atoms with Crippen molar-refractivity contribution >= 4 is 37.1 Å². The fraction of sp³-hybridized carbons (Fsp3) is 0.400. The van der Waals surface area contributed by atoms with E-state index in [2.05, 4.69) is 0 Å². The minimum atomic E-state index is -4.09. The van der Waals surface area contributed by atoms with E-state index in [1.165, 1.54) is 12.1 Å². The van der Waals surface area contributed by atoms with Gasteiger partial charge in [0, 0.05) is 13.1 Å². The highest BCUT2D eigenvalue weighted by Gasteiger charge is 2.34. The van der Waals surface area contributed by atoms with E-state index in [1.54, 1.807) is 0 Å². The van der Waals surface area contributed by atoms with Crippen LogP contribution in [0.25, 0.3) is 0 Å². The van der Waals surface area contributed by atoms with Gasteiger partial charge in [0.2, 0.25) is 10.0 Å². The maximum atomic E-state index is 12.4. The van der Waals surface area contributed by atoms with Crippen LogP contribution in [-0.4, -0.2) is 50.8 Å². The summed E-state index contributed by atoms with van der Waals surface area (Å²) in [6.07, 6.45) is 0. The molecule has 7 nitrogen and oxygen atoms in total. The predicted octanol–water partition coefficient (Wildman–Crippen LogP) is 0.0469. The molecule has 0 atom stereocenters. The zero-order valence-electron chi connectivity index (χ0n) is 10.3. The lowest BCUT2D eigenvalue weighted by Crippen LogP contribution is -2.43. The van der Waals surface area contributed by atoms with Gasteiger partial charge in [-0.2, -0.15) is 4.31 Å². The minimum absolute atomic E-state index is 0.113. The van der Waals surface area contributed by atoms with E-state index >= 15 is 0 Å². The van der Waals surface area contributed by atoms with E-state index in [1.807, 2.05) is 0 Å². The molecular formula is C10H13ClN2O5S2. The van der Waals surface area contributed by atoms with Gasteiger partial charge in [0.15, 0.2) is 15.6 Å². The molecular weight excluding hydrogens is 328 g/mol. The summed E-state index contributed by atoms with van der Waals surface area (Å²) in [6, 6.07) is 2.56. The number of rotatable bonds is 2. The van der Waals surface area contributed by atoms with Crippen LogP contribution in [0.3, 0.4) is 0 Å². The first-order valence-corrected chi connectivity index (χ1v) is 9.26. The van der Waals surface area contributed by atoms with Crippen molar-refractivity contribution in [3.05, 3.63) is 17.2 Å².